The van der Waals surface area contributed by atoms with Gasteiger partial charge in [-0.1, -0.05) is 0 Å². The average molecular weight is 161 g/mol. The van der Waals surface area contributed by atoms with Gasteiger partial charge in [-0.3, -0.25) is 4.68 Å². The van der Waals surface area contributed by atoms with E-state index in [0.29, 0.717) is 6.54 Å². The van der Waals surface area contributed by atoms with Crippen LogP contribution in [0.4, 0.5) is 5.82 Å². The van der Waals surface area contributed by atoms with Crippen LogP contribution in [0.1, 0.15) is 18.2 Å². The highest BCUT2D eigenvalue weighted by atomic mass is 15.3. The number of rotatable bonds is 1. The molecule has 0 bridgehead atoms. The summed E-state index contributed by atoms with van der Waals surface area (Å²) in [6.45, 7) is 2.36. The van der Waals surface area contributed by atoms with Crippen LogP contribution in [0.5, 0.6) is 0 Å². The largest absolute Gasteiger partial charge is 0.381 e. The molecular weight excluding hydrogens is 154 g/mol. The maximum atomic E-state index is 8.66. The van der Waals surface area contributed by atoms with E-state index < -0.39 is 0 Å². The van der Waals surface area contributed by atoms with E-state index in [1.165, 1.54) is 4.68 Å². The van der Waals surface area contributed by atoms with Gasteiger partial charge >= 0.3 is 0 Å². The molecule has 1 rings (SSSR count). The van der Waals surface area contributed by atoms with Gasteiger partial charge in [-0.05, 0) is 6.92 Å². The van der Waals surface area contributed by atoms with E-state index in [1.807, 2.05) is 19.1 Å². The van der Waals surface area contributed by atoms with Crippen molar-refractivity contribution in [3.05, 3.63) is 11.3 Å². The number of nitrogen functional groups attached to an aromatic ring is 1. The van der Waals surface area contributed by atoms with E-state index in [1.54, 1.807) is 0 Å². The van der Waals surface area contributed by atoms with Crippen molar-refractivity contribution in [1.29, 1.82) is 10.5 Å². The smallest absolute Gasteiger partial charge is 0.164 e. The summed E-state index contributed by atoms with van der Waals surface area (Å²) in [6, 6.07) is 3.72. The van der Waals surface area contributed by atoms with Crippen LogP contribution in [-0.4, -0.2) is 9.78 Å². The number of nitrogens with two attached hydrogens (primary N) is 1. The maximum absolute atomic E-state index is 8.66. The van der Waals surface area contributed by atoms with Gasteiger partial charge in [0.05, 0.1) is 0 Å². The predicted octanol–water partition coefficient (Wildman–Crippen LogP) is 0.229. The molecule has 12 heavy (non-hydrogen) atoms. The zero-order valence-electron chi connectivity index (χ0n) is 6.57. The van der Waals surface area contributed by atoms with Crippen molar-refractivity contribution in [2.75, 3.05) is 5.73 Å². The van der Waals surface area contributed by atoms with Gasteiger partial charge in [0, 0.05) is 6.54 Å². The van der Waals surface area contributed by atoms with Crippen molar-refractivity contribution >= 4 is 5.82 Å². The molecule has 0 spiro atoms. The lowest BCUT2D eigenvalue weighted by Crippen LogP contribution is -1.99. The summed E-state index contributed by atoms with van der Waals surface area (Å²) >= 11 is 0. The summed E-state index contributed by atoms with van der Waals surface area (Å²) in [5.41, 5.74) is 5.80. The Hall–Kier alpha value is -2.01. The van der Waals surface area contributed by atoms with Gasteiger partial charge in [0.25, 0.3) is 0 Å². The van der Waals surface area contributed by atoms with E-state index in [2.05, 4.69) is 5.10 Å². The second-order valence-electron chi connectivity index (χ2n) is 2.15. The Labute approximate surface area is 69.6 Å². The first-order valence-electron chi connectivity index (χ1n) is 3.41. The van der Waals surface area contributed by atoms with Crippen LogP contribution in [0.2, 0.25) is 0 Å². The molecule has 5 nitrogen and oxygen atoms in total. The number of anilines is 1. The quantitative estimate of drug-likeness (QED) is 0.638. The molecule has 0 saturated carbocycles. The zero-order valence-corrected chi connectivity index (χ0v) is 6.57. The number of nitriles is 2. The van der Waals surface area contributed by atoms with Crippen LogP contribution in [0.3, 0.4) is 0 Å². The van der Waals surface area contributed by atoms with Crippen molar-refractivity contribution in [3.8, 4) is 12.1 Å². The van der Waals surface area contributed by atoms with Crippen LogP contribution in [0, 0.1) is 22.7 Å². The Morgan fingerprint density at radius 1 is 1.50 bits per heavy atom. The van der Waals surface area contributed by atoms with E-state index in [0.717, 1.165) is 0 Å². The topological polar surface area (TPSA) is 91.4 Å². The monoisotopic (exact) mass is 161 g/mol. The molecule has 0 aliphatic rings. The van der Waals surface area contributed by atoms with Gasteiger partial charge in [-0.2, -0.15) is 15.6 Å². The second-order valence-corrected chi connectivity index (χ2v) is 2.15. The normalized spacial score (nSPS) is 8.92. The van der Waals surface area contributed by atoms with Gasteiger partial charge in [0.2, 0.25) is 0 Å². The summed E-state index contributed by atoms with van der Waals surface area (Å²) in [6.07, 6.45) is 0. The molecule has 60 valence electrons. The van der Waals surface area contributed by atoms with Gasteiger partial charge in [-0.15, -0.1) is 0 Å². The third-order valence-electron chi connectivity index (χ3n) is 1.50. The SMILES string of the molecule is CCn1nc(N)c(C#N)c1C#N. The number of hydrogen-bond acceptors (Lipinski definition) is 4. The summed E-state index contributed by atoms with van der Waals surface area (Å²) < 4.78 is 1.41. The molecule has 0 aliphatic heterocycles. The standard InChI is InChI=1S/C7H7N5/c1-2-12-6(4-9)5(3-8)7(10)11-12/h2H2,1H3,(H2,10,11). The molecular formula is C7H7N5. The zero-order chi connectivity index (χ0) is 9.14. The van der Waals surface area contributed by atoms with Crippen molar-refractivity contribution in [1.82, 2.24) is 9.78 Å². The third kappa shape index (κ3) is 0.977. The summed E-state index contributed by atoms with van der Waals surface area (Å²) in [4.78, 5) is 0. The van der Waals surface area contributed by atoms with Crippen molar-refractivity contribution in [2.24, 2.45) is 0 Å². The highest BCUT2D eigenvalue weighted by molar-refractivity contribution is 5.55. The highest BCUT2D eigenvalue weighted by Crippen LogP contribution is 2.13. The molecule has 1 aromatic rings. The fraction of sp³-hybridized carbons (Fsp3) is 0.286. The molecule has 5 heteroatoms. The fourth-order valence-corrected chi connectivity index (χ4v) is 0.933. The highest BCUT2D eigenvalue weighted by Gasteiger charge is 2.13. The van der Waals surface area contributed by atoms with Crippen LogP contribution < -0.4 is 5.73 Å². The molecule has 1 aromatic heterocycles. The summed E-state index contributed by atoms with van der Waals surface area (Å²) in [5.74, 6) is 0.121. The lowest BCUT2D eigenvalue weighted by Gasteiger charge is -1.93. The number of aromatic nitrogens is 2. The molecule has 0 amide bonds. The average Bonchev–Trinajstić information content (AvgIpc) is 2.40. The lowest BCUT2D eigenvalue weighted by molar-refractivity contribution is 0.654. The molecule has 0 radical (unpaired) electrons. The minimum absolute atomic E-state index is 0.121. The van der Waals surface area contributed by atoms with Crippen LogP contribution in [0.25, 0.3) is 0 Å². The van der Waals surface area contributed by atoms with E-state index >= 15 is 0 Å². The number of aryl methyl sites for hydroxylation is 1. The second kappa shape index (κ2) is 2.93. The molecule has 0 saturated heterocycles. The fourth-order valence-electron chi connectivity index (χ4n) is 0.933. The molecule has 0 unspecified atom stereocenters. The van der Waals surface area contributed by atoms with Crippen LogP contribution >= 0.6 is 0 Å². The Balaban J connectivity index is 3.41. The van der Waals surface area contributed by atoms with Crippen molar-refractivity contribution < 1.29 is 0 Å². The van der Waals surface area contributed by atoms with Crippen molar-refractivity contribution in [2.45, 2.75) is 13.5 Å². The minimum Gasteiger partial charge on any atom is -0.381 e. The summed E-state index contributed by atoms with van der Waals surface area (Å²) in [7, 11) is 0. The molecule has 0 fully saturated rings. The molecule has 0 aliphatic carbocycles. The Kier molecular flexibility index (Phi) is 1.98. The van der Waals surface area contributed by atoms with E-state index in [-0.39, 0.29) is 17.1 Å². The Morgan fingerprint density at radius 3 is 2.58 bits per heavy atom. The first kappa shape index (κ1) is 8.09. The van der Waals surface area contributed by atoms with Gasteiger partial charge < -0.3 is 5.73 Å². The van der Waals surface area contributed by atoms with E-state index in [9.17, 15) is 0 Å². The summed E-state index contributed by atoms with van der Waals surface area (Å²) in [5, 5.41) is 21.1. The van der Waals surface area contributed by atoms with Gasteiger partial charge in [-0.25, -0.2) is 0 Å². The first-order valence-corrected chi connectivity index (χ1v) is 3.41. The van der Waals surface area contributed by atoms with Crippen LogP contribution in [0.15, 0.2) is 0 Å². The predicted molar refractivity (Wildman–Crippen MR) is 41.7 cm³/mol. The number of nitrogens with zero attached hydrogens (tertiary/aromatic N) is 4. The van der Waals surface area contributed by atoms with Gasteiger partial charge in [0.1, 0.15) is 17.7 Å². The Morgan fingerprint density at radius 2 is 2.17 bits per heavy atom. The third-order valence-corrected chi connectivity index (χ3v) is 1.50. The van der Waals surface area contributed by atoms with Crippen LogP contribution in [-0.2, 0) is 6.54 Å². The number of hydrogen-bond donors (Lipinski definition) is 1. The Bertz CT molecular complexity index is 376. The lowest BCUT2D eigenvalue weighted by atomic mass is 10.2. The molecule has 0 atom stereocenters. The minimum atomic E-state index is 0.121. The molecule has 0 aromatic carbocycles. The molecule has 2 N–H and O–H groups in total. The van der Waals surface area contributed by atoms with Gasteiger partial charge in [0.15, 0.2) is 11.5 Å². The van der Waals surface area contributed by atoms with Crippen molar-refractivity contribution in [3.63, 3.8) is 0 Å². The van der Waals surface area contributed by atoms with E-state index in [4.69, 9.17) is 16.3 Å². The maximum Gasteiger partial charge on any atom is 0.164 e. The first-order chi connectivity index (χ1) is 5.74. The molecule has 1 heterocycles.